The molecule has 0 radical (unpaired) electrons. The number of esters is 1. The average molecular weight is 342 g/mol. The smallest absolute Gasteiger partial charge is 0.342 e. The summed E-state index contributed by atoms with van der Waals surface area (Å²) >= 11 is 0. The zero-order valence-electron chi connectivity index (χ0n) is 13.9. The number of fused-ring (bicyclic) bond motifs is 1. The van der Waals surface area contributed by atoms with Crippen molar-refractivity contribution in [2.45, 2.75) is 19.8 Å². The Morgan fingerprint density at radius 1 is 1.32 bits per heavy atom. The summed E-state index contributed by atoms with van der Waals surface area (Å²) < 4.78 is 5.12. The minimum atomic E-state index is -0.624. The van der Waals surface area contributed by atoms with Crippen LogP contribution < -0.4 is 10.2 Å². The van der Waals surface area contributed by atoms with E-state index in [2.05, 4.69) is 15.5 Å². The van der Waals surface area contributed by atoms with Crippen molar-refractivity contribution >= 4 is 29.2 Å². The highest BCUT2D eigenvalue weighted by molar-refractivity contribution is 6.10. The minimum Gasteiger partial charge on any atom is -0.452 e. The summed E-state index contributed by atoms with van der Waals surface area (Å²) in [7, 11) is 0. The Labute approximate surface area is 144 Å². The van der Waals surface area contributed by atoms with Crippen LogP contribution in [0.4, 0.5) is 11.4 Å². The molecule has 0 bridgehead atoms. The average Bonchev–Trinajstić information content (AvgIpc) is 3.08. The van der Waals surface area contributed by atoms with Gasteiger partial charge >= 0.3 is 5.97 Å². The van der Waals surface area contributed by atoms with E-state index in [1.165, 1.54) is 11.1 Å². The van der Waals surface area contributed by atoms with E-state index in [0.717, 1.165) is 0 Å². The molecule has 3 rings (SSSR count). The van der Waals surface area contributed by atoms with Crippen LogP contribution in [-0.2, 0) is 14.3 Å². The van der Waals surface area contributed by atoms with Gasteiger partial charge in [0.05, 0.1) is 23.3 Å². The third kappa shape index (κ3) is 3.37. The van der Waals surface area contributed by atoms with Gasteiger partial charge in [-0.25, -0.2) is 4.79 Å². The lowest BCUT2D eigenvalue weighted by atomic mass is 10.1. The van der Waals surface area contributed by atoms with Crippen molar-refractivity contribution in [2.24, 2.45) is 0 Å². The van der Waals surface area contributed by atoms with E-state index in [-0.39, 0.29) is 18.4 Å². The molecule has 1 aromatic carbocycles. The van der Waals surface area contributed by atoms with E-state index in [1.807, 2.05) is 13.8 Å². The fourth-order valence-corrected chi connectivity index (χ4v) is 2.64. The number of aromatic nitrogens is 2. The Kier molecular flexibility index (Phi) is 4.51. The molecule has 1 aliphatic rings. The Bertz CT molecular complexity index is 828. The maximum atomic E-state index is 12.4. The van der Waals surface area contributed by atoms with Gasteiger partial charge in [0.25, 0.3) is 5.91 Å². The van der Waals surface area contributed by atoms with Crippen LogP contribution in [-0.4, -0.2) is 41.1 Å². The first-order chi connectivity index (χ1) is 12.0. The van der Waals surface area contributed by atoms with Gasteiger partial charge in [0.2, 0.25) is 5.91 Å². The number of carbonyl (C=O) groups excluding carboxylic acids is 3. The van der Waals surface area contributed by atoms with Gasteiger partial charge in [0, 0.05) is 0 Å². The van der Waals surface area contributed by atoms with Crippen molar-refractivity contribution in [3.8, 4) is 0 Å². The number of rotatable bonds is 4. The normalized spacial score (nSPS) is 13.4. The lowest BCUT2D eigenvalue weighted by Gasteiger charge is -2.28. The molecule has 8 nitrogen and oxygen atoms in total. The number of amides is 2. The molecule has 0 fully saturated rings. The third-order valence-electron chi connectivity index (χ3n) is 3.86. The highest BCUT2D eigenvalue weighted by Gasteiger charge is 2.27. The van der Waals surface area contributed by atoms with Gasteiger partial charge in [-0.05, 0) is 18.1 Å². The Balaban J connectivity index is 1.70. The molecule has 0 unspecified atom stereocenters. The van der Waals surface area contributed by atoms with Crippen LogP contribution in [0, 0.1) is 0 Å². The second kappa shape index (κ2) is 6.76. The number of carbonyl (C=O) groups is 3. The fourth-order valence-electron chi connectivity index (χ4n) is 2.64. The number of nitrogens with one attached hydrogen (secondary N) is 2. The first-order valence-corrected chi connectivity index (χ1v) is 7.87. The molecule has 25 heavy (non-hydrogen) atoms. The van der Waals surface area contributed by atoms with Crippen molar-refractivity contribution in [2.75, 3.05) is 23.4 Å². The zero-order chi connectivity index (χ0) is 18.0. The van der Waals surface area contributed by atoms with Gasteiger partial charge in [-0.3, -0.25) is 19.6 Å². The van der Waals surface area contributed by atoms with Crippen molar-refractivity contribution in [1.29, 1.82) is 0 Å². The number of ether oxygens (including phenoxy) is 1. The van der Waals surface area contributed by atoms with Crippen LogP contribution >= 0.6 is 0 Å². The molecule has 0 saturated heterocycles. The van der Waals surface area contributed by atoms with E-state index in [0.29, 0.717) is 22.6 Å². The van der Waals surface area contributed by atoms with Crippen LogP contribution in [0.3, 0.4) is 0 Å². The first-order valence-electron chi connectivity index (χ1n) is 7.87. The monoisotopic (exact) mass is 342 g/mol. The Morgan fingerprint density at radius 3 is 2.84 bits per heavy atom. The van der Waals surface area contributed by atoms with Crippen molar-refractivity contribution in [1.82, 2.24) is 10.2 Å². The summed E-state index contributed by atoms with van der Waals surface area (Å²) in [5.74, 6) is -1.32. The van der Waals surface area contributed by atoms with Crippen molar-refractivity contribution in [3.05, 3.63) is 41.7 Å². The second-order valence-electron chi connectivity index (χ2n) is 5.97. The molecule has 0 atom stereocenters. The molecule has 0 saturated carbocycles. The number of nitrogens with zero attached hydrogens (tertiary/aromatic N) is 2. The van der Waals surface area contributed by atoms with E-state index >= 15 is 0 Å². The van der Waals surface area contributed by atoms with Crippen LogP contribution in [0.2, 0.25) is 0 Å². The number of H-pyrrole nitrogens is 1. The highest BCUT2D eigenvalue weighted by atomic mass is 16.5. The van der Waals surface area contributed by atoms with Gasteiger partial charge in [0.15, 0.2) is 6.61 Å². The number of anilines is 2. The van der Waals surface area contributed by atoms with Gasteiger partial charge < -0.3 is 10.1 Å². The lowest BCUT2D eigenvalue weighted by Crippen LogP contribution is -2.44. The first kappa shape index (κ1) is 16.7. The minimum absolute atomic E-state index is 0.0680. The summed E-state index contributed by atoms with van der Waals surface area (Å²) in [4.78, 5) is 37.7. The predicted octanol–water partition coefficient (Wildman–Crippen LogP) is 1.68. The molecular formula is C17H18N4O4. The summed E-state index contributed by atoms with van der Waals surface area (Å²) in [6.45, 7) is 3.26. The standard InChI is InChI=1S/C17H18N4O4/c1-10(2)16-11(7-18-20-16)17(24)25-9-15(23)21-8-14(22)19-12-5-3-4-6-13(12)21/h3-7,10H,8-9H2,1-2H3,(H,18,20)(H,19,22). The molecule has 2 heterocycles. The van der Waals surface area contributed by atoms with Gasteiger partial charge in [-0.15, -0.1) is 0 Å². The molecule has 8 heteroatoms. The molecule has 130 valence electrons. The largest absolute Gasteiger partial charge is 0.452 e. The van der Waals surface area contributed by atoms with Crippen LogP contribution in [0.5, 0.6) is 0 Å². The van der Waals surface area contributed by atoms with Crippen molar-refractivity contribution in [3.63, 3.8) is 0 Å². The molecule has 2 amide bonds. The molecule has 0 aliphatic carbocycles. The summed E-state index contributed by atoms with van der Waals surface area (Å²) in [6, 6.07) is 6.96. The molecule has 1 aliphatic heterocycles. The van der Waals surface area contributed by atoms with Gasteiger partial charge in [-0.2, -0.15) is 5.10 Å². The van der Waals surface area contributed by atoms with E-state index in [1.54, 1.807) is 24.3 Å². The SMILES string of the molecule is CC(C)c1[nH]ncc1C(=O)OCC(=O)N1CC(=O)Nc2ccccc21. The Hall–Kier alpha value is -3.16. The molecule has 1 aromatic heterocycles. The van der Waals surface area contributed by atoms with Crippen LogP contribution in [0.1, 0.15) is 35.8 Å². The lowest BCUT2D eigenvalue weighted by molar-refractivity contribution is -0.124. The number of para-hydroxylation sites is 2. The zero-order valence-corrected chi connectivity index (χ0v) is 13.9. The molecule has 2 aromatic rings. The van der Waals surface area contributed by atoms with E-state index < -0.39 is 18.5 Å². The quantitative estimate of drug-likeness (QED) is 0.823. The summed E-state index contributed by atoms with van der Waals surface area (Å²) in [6.07, 6.45) is 1.38. The van der Waals surface area contributed by atoms with Crippen LogP contribution in [0.15, 0.2) is 30.5 Å². The summed E-state index contributed by atoms with van der Waals surface area (Å²) in [5, 5.41) is 9.30. The van der Waals surface area contributed by atoms with E-state index in [4.69, 9.17) is 4.74 Å². The molecule has 0 spiro atoms. The number of hydrogen-bond acceptors (Lipinski definition) is 5. The molecular weight excluding hydrogens is 324 g/mol. The second-order valence-corrected chi connectivity index (χ2v) is 5.97. The number of hydrogen-bond donors (Lipinski definition) is 2. The number of benzene rings is 1. The Morgan fingerprint density at radius 2 is 2.08 bits per heavy atom. The highest BCUT2D eigenvalue weighted by Crippen LogP contribution is 2.28. The maximum absolute atomic E-state index is 12.4. The molecule has 2 N–H and O–H groups in total. The number of aromatic amines is 1. The topological polar surface area (TPSA) is 104 Å². The third-order valence-corrected chi connectivity index (χ3v) is 3.86. The fraction of sp³-hybridized carbons (Fsp3) is 0.294. The van der Waals surface area contributed by atoms with Crippen LogP contribution in [0.25, 0.3) is 0 Å². The van der Waals surface area contributed by atoms with Gasteiger partial charge in [-0.1, -0.05) is 26.0 Å². The van der Waals surface area contributed by atoms with Crippen molar-refractivity contribution < 1.29 is 19.1 Å². The summed E-state index contributed by atoms with van der Waals surface area (Å²) in [5.41, 5.74) is 2.09. The predicted molar refractivity (Wildman–Crippen MR) is 90.4 cm³/mol. The van der Waals surface area contributed by atoms with Gasteiger partial charge in [0.1, 0.15) is 12.1 Å². The van der Waals surface area contributed by atoms with E-state index in [9.17, 15) is 14.4 Å². The maximum Gasteiger partial charge on any atom is 0.342 e.